The molecule has 3 heteroatoms. The van der Waals surface area contributed by atoms with E-state index >= 15 is 0 Å². The summed E-state index contributed by atoms with van der Waals surface area (Å²) in [5.74, 6) is 1.21. The van der Waals surface area contributed by atoms with Crippen molar-refractivity contribution in [3.05, 3.63) is 89.1 Å². The van der Waals surface area contributed by atoms with Crippen molar-refractivity contribution >= 4 is 11.4 Å². The number of aliphatic imine (C=N–C) groups is 1. The largest absolute Gasteiger partial charge is 0.387 e. The highest BCUT2D eigenvalue weighted by Crippen LogP contribution is 2.34. The van der Waals surface area contributed by atoms with Gasteiger partial charge < -0.3 is 5.73 Å². The molecule has 1 aliphatic heterocycles. The third kappa shape index (κ3) is 5.24. The standard InChI is InChI=1S/C26H33N3/c1-18(2)26(27)28-25-20(4)15-29(16-22-9-7-6-8-10-22)17-24(25)21(5)23-13-11-19(3)12-14-23/h6-14,18,20H,5,15-17H2,1-4H3,(H2,27,28). The molecular formula is C26H33N3. The van der Waals surface area contributed by atoms with Crippen LogP contribution in [-0.2, 0) is 6.54 Å². The van der Waals surface area contributed by atoms with E-state index in [4.69, 9.17) is 10.7 Å². The van der Waals surface area contributed by atoms with E-state index < -0.39 is 0 Å². The molecule has 1 aliphatic rings. The molecule has 2 aromatic rings. The van der Waals surface area contributed by atoms with Gasteiger partial charge in [0, 0.05) is 31.5 Å². The Morgan fingerprint density at radius 2 is 1.79 bits per heavy atom. The van der Waals surface area contributed by atoms with Crippen LogP contribution in [0.25, 0.3) is 5.57 Å². The van der Waals surface area contributed by atoms with Crippen LogP contribution in [-0.4, -0.2) is 23.8 Å². The first-order valence-electron chi connectivity index (χ1n) is 10.4. The Hall–Kier alpha value is -2.65. The maximum Gasteiger partial charge on any atom is 0.102 e. The average molecular weight is 388 g/mol. The van der Waals surface area contributed by atoms with Crippen LogP contribution in [0.4, 0.5) is 0 Å². The van der Waals surface area contributed by atoms with Gasteiger partial charge in [-0.2, -0.15) is 0 Å². The zero-order valence-corrected chi connectivity index (χ0v) is 18.2. The molecule has 2 N–H and O–H groups in total. The van der Waals surface area contributed by atoms with E-state index in [1.165, 1.54) is 16.7 Å². The minimum Gasteiger partial charge on any atom is -0.387 e. The lowest BCUT2D eigenvalue weighted by atomic mass is 9.89. The molecule has 0 aliphatic carbocycles. The van der Waals surface area contributed by atoms with Crippen molar-refractivity contribution in [2.24, 2.45) is 22.6 Å². The second-order valence-electron chi connectivity index (χ2n) is 8.46. The molecule has 1 heterocycles. The van der Waals surface area contributed by atoms with Gasteiger partial charge >= 0.3 is 0 Å². The normalized spacial score (nSPS) is 18.4. The maximum atomic E-state index is 6.26. The monoisotopic (exact) mass is 387 g/mol. The van der Waals surface area contributed by atoms with Crippen molar-refractivity contribution in [1.82, 2.24) is 4.90 Å². The van der Waals surface area contributed by atoms with Crippen LogP contribution in [0.15, 0.2) is 77.4 Å². The van der Waals surface area contributed by atoms with Crippen LogP contribution in [0.5, 0.6) is 0 Å². The van der Waals surface area contributed by atoms with Gasteiger partial charge in [0.2, 0.25) is 0 Å². The lowest BCUT2D eigenvalue weighted by Gasteiger charge is -2.34. The van der Waals surface area contributed by atoms with Crippen molar-refractivity contribution < 1.29 is 0 Å². The van der Waals surface area contributed by atoms with Crippen molar-refractivity contribution in [2.75, 3.05) is 13.1 Å². The number of amidine groups is 1. The molecule has 0 spiro atoms. The number of aryl methyl sites for hydroxylation is 1. The van der Waals surface area contributed by atoms with E-state index in [9.17, 15) is 0 Å². The smallest absolute Gasteiger partial charge is 0.102 e. The number of rotatable bonds is 6. The number of benzene rings is 2. The molecule has 1 atom stereocenters. The molecule has 3 nitrogen and oxygen atoms in total. The van der Waals surface area contributed by atoms with Crippen molar-refractivity contribution in [3.8, 4) is 0 Å². The quantitative estimate of drug-likeness (QED) is 0.530. The van der Waals surface area contributed by atoms with Gasteiger partial charge in [0.1, 0.15) is 5.84 Å². The van der Waals surface area contributed by atoms with E-state index in [0.717, 1.165) is 36.5 Å². The predicted molar refractivity (Wildman–Crippen MR) is 125 cm³/mol. The second kappa shape index (κ2) is 9.23. The predicted octanol–water partition coefficient (Wildman–Crippen LogP) is 5.43. The lowest BCUT2D eigenvalue weighted by Crippen LogP contribution is -2.36. The molecule has 29 heavy (non-hydrogen) atoms. The van der Waals surface area contributed by atoms with Gasteiger partial charge in [-0.1, -0.05) is 87.5 Å². The Bertz CT molecular complexity index is 905. The maximum absolute atomic E-state index is 6.26. The summed E-state index contributed by atoms with van der Waals surface area (Å²) in [6.45, 7) is 15.7. The molecule has 152 valence electrons. The Balaban J connectivity index is 1.97. The summed E-state index contributed by atoms with van der Waals surface area (Å²) in [7, 11) is 0. The van der Waals surface area contributed by atoms with Gasteiger partial charge in [-0.3, -0.25) is 4.90 Å². The Morgan fingerprint density at radius 3 is 2.41 bits per heavy atom. The van der Waals surface area contributed by atoms with Gasteiger partial charge in [0.05, 0.1) is 5.70 Å². The fourth-order valence-corrected chi connectivity index (χ4v) is 3.73. The molecule has 3 rings (SSSR count). The fourth-order valence-electron chi connectivity index (χ4n) is 3.73. The molecule has 2 aromatic carbocycles. The summed E-state index contributed by atoms with van der Waals surface area (Å²) in [5.41, 5.74) is 13.3. The van der Waals surface area contributed by atoms with E-state index in [1.54, 1.807) is 0 Å². The van der Waals surface area contributed by atoms with Crippen LogP contribution in [0.1, 0.15) is 37.5 Å². The second-order valence-corrected chi connectivity index (χ2v) is 8.46. The first-order valence-corrected chi connectivity index (χ1v) is 10.4. The molecule has 0 aromatic heterocycles. The Morgan fingerprint density at radius 1 is 1.14 bits per heavy atom. The van der Waals surface area contributed by atoms with Crippen LogP contribution >= 0.6 is 0 Å². The van der Waals surface area contributed by atoms with Crippen molar-refractivity contribution in [3.63, 3.8) is 0 Å². The summed E-state index contributed by atoms with van der Waals surface area (Å²) in [6.07, 6.45) is 0. The molecule has 0 saturated heterocycles. The van der Waals surface area contributed by atoms with E-state index in [0.29, 0.717) is 11.8 Å². The van der Waals surface area contributed by atoms with E-state index in [1.807, 2.05) is 0 Å². The third-order valence-corrected chi connectivity index (χ3v) is 5.54. The fraction of sp³-hybridized carbons (Fsp3) is 0.346. The average Bonchev–Trinajstić information content (AvgIpc) is 2.70. The van der Waals surface area contributed by atoms with Gasteiger partial charge in [0.15, 0.2) is 0 Å². The highest BCUT2D eigenvalue weighted by Gasteiger charge is 2.27. The first-order chi connectivity index (χ1) is 13.8. The number of nitrogens with two attached hydrogens (primary N) is 1. The molecule has 0 amide bonds. The Kier molecular flexibility index (Phi) is 6.71. The third-order valence-electron chi connectivity index (χ3n) is 5.54. The van der Waals surface area contributed by atoms with Crippen LogP contribution in [0, 0.1) is 18.8 Å². The molecule has 0 radical (unpaired) electrons. The van der Waals surface area contributed by atoms with Crippen LogP contribution < -0.4 is 5.73 Å². The SMILES string of the molecule is C=C(C1=C(/N=C(\N)C(C)C)C(C)CN(Cc2ccccc2)C1)c1ccc(C)cc1. The molecule has 1 unspecified atom stereocenters. The summed E-state index contributed by atoms with van der Waals surface area (Å²) < 4.78 is 0. The lowest BCUT2D eigenvalue weighted by molar-refractivity contribution is 0.245. The minimum absolute atomic E-state index is 0.228. The number of hydrogen-bond donors (Lipinski definition) is 1. The van der Waals surface area contributed by atoms with Gasteiger partial charge in [-0.25, -0.2) is 4.99 Å². The van der Waals surface area contributed by atoms with E-state index in [-0.39, 0.29) is 5.92 Å². The molecular weight excluding hydrogens is 354 g/mol. The minimum atomic E-state index is 0.228. The molecule has 0 bridgehead atoms. The summed E-state index contributed by atoms with van der Waals surface area (Å²) in [5, 5.41) is 0. The highest BCUT2D eigenvalue weighted by atomic mass is 15.1. The van der Waals surface area contributed by atoms with Crippen LogP contribution in [0.2, 0.25) is 0 Å². The van der Waals surface area contributed by atoms with Gasteiger partial charge in [-0.05, 0) is 29.2 Å². The zero-order valence-electron chi connectivity index (χ0n) is 18.2. The van der Waals surface area contributed by atoms with Gasteiger partial charge in [0.25, 0.3) is 0 Å². The molecule has 0 fully saturated rings. The van der Waals surface area contributed by atoms with Crippen LogP contribution in [0.3, 0.4) is 0 Å². The highest BCUT2D eigenvalue weighted by molar-refractivity contribution is 5.85. The van der Waals surface area contributed by atoms with Crippen molar-refractivity contribution in [2.45, 2.75) is 34.2 Å². The summed E-state index contributed by atoms with van der Waals surface area (Å²) in [4.78, 5) is 7.38. The Labute approximate surface area is 175 Å². The number of hydrogen-bond acceptors (Lipinski definition) is 2. The molecule has 0 saturated carbocycles. The number of nitrogens with zero attached hydrogens (tertiary/aromatic N) is 2. The van der Waals surface area contributed by atoms with E-state index in [2.05, 4.69) is 93.8 Å². The summed E-state index contributed by atoms with van der Waals surface area (Å²) in [6, 6.07) is 19.2. The van der Waals surface area contributed by atoms with Gasteiger partial charge in [-0.15, -0.1) is 0 Å². The summed E-state index contributed by atoms with van der Waals surface area (Å²) >= 11 is 0. The zero-order chi connectivity index (χ0) is 21.0. The topological polar surface area (TPSA) is 41.6 Å². The first kappa shape index (κ1) is 21.1. The van der Waals surface area contributed by atoms with Crippen molar-refractivity contribution in [1.29, 1.82) is 0 Å².